The van der Waals surface area contributed by atoms with Crippen molar-refractivity contribution in [2.45, 2.75) is 6.92 Å². The maximum atomic E-state index is 13.0. The van der Waals surface area contributed by atoms with Gasteiger partial charge in [0.2, 0.25) is 6.79 Å². The minimum Gasteiger partial charge on any atom is -0.454 e. The Kier molecular flexibility index (Phi) is 4.61. The minimum absolute atomic E-state index is 0.0696. The molecule has 0 saturated carbocycles. The summed E-state index contributed by atoms with van der Waals surface area (Å²) in [6.07, 6.45) is 1.63. The number of hydrogen-bond donors (Lipinski definition) is 1. The number of rotatable bonds is 5. The van der Waals surface area contributed by atoms with Crippen molar-refractivity contribution in [1.82, 2.24) is 4.98 Å². The van der Waals surface area contributed by atoms with Crippen molar-refractivity contribution in [1.29, 1.82) is 0 Å². The molecule has 0 unspecified atom stereocenters. The highest BCUT2D eigenvalue weighted by molar-refractivity contribution is 6.06. The summed E-state index contributed by atoms with van der Waals surface area (Å²) >= 11 is 0. The molecule has 1 aliphatic rings. The lowest BCUT2D eigenvalue weighted by molar-refractivity contribution is 0.0988. The van der Waals surface area contributed by atoms with E-state index in [1.54, 1.807) is 23.2 Å². The Morgan fingerprint density at radius 1 is 1.07 bits per heavy atom. The minimum atomic E-state index is -0.0696. The predicted octanol–water partition coefficient (Wildman–Crippen LogP) is 4.22. The number of fused-ring (bicyclic) bond motifs is 1. The highest BCUT2D eigenvalue weighted by atomic mass is 16.7. The maximum Gasteiger partial charge on any atom is 0.258 e. The Morgan fingerprint density at radius 3 is 2.70 bits per heavy atom. The second-order valence-corrected chi connectivity index (χ2v) is 6.01. The van der Waals surface area contributed by atoms with E-state index in [1.807, 2.05) is 55.5 Å². The number of anilines is 3. The molecule has 2 heterocycles. The third-order valence-electron chi connectivity index (χ3n) is 4.28. The van der Waals surface area contributed by atoms with Crippen molar-refractivity contribution in [3.63, 3.8) is 0 Å². The van der Waals surface area contributed by atoms with Crippen LogP contribution in [0.3, 0.4) is 0 Å². The number of benzene rings is 2. The summed E-state index contributed by atoms with van der Waals surface area (Å²) in [5.74, 6) is 1.93. The van der Waals surface area contributed by atoms with E-state index in [4.69, 9.17) is 9.47 Å². The molecular weight excluding hydrogens is 342 g/mol. The van der Waals surface area contributed by atoms with E-state index in [0.29, 0.717) is 23.7 Å². The van der Waals surface area contributed by atoms with Crippen molar-refractivity contribution < 1.29 is 14.3 Å². The van der Waals surface area contributed by atoms with Crippen molar-refractivity contribution in [3.8, 4) is 11.5 Å². The summed E-state index contributed by atoms with van der Waals surface area (Å²) in [5.41, 5.74) is 2.25. The van der Waals surface area contributed by atoms with E-state index in [1.165, 1.54) is 0 Å². The average molecular weight is 361 g/mol. The zero-order valence-electron chi connectivity index (χ0n) is 14.9. The first kappa shape index (κ1) is 16.9. The maximum absolute atomic E-state index is 13.0. The van der Waals surface area contributed by atoms with Gasteiger partial charge >= 0.3 is 0 Å². The monoisotopic (exact) mass is 361 g/mol. The van der Waals surface area contributed by atoms with Gasteiger partial charge in [-0.1, -0.05) is 18.2 Å². The predicted molar refractivity (Wildman–Crippen MR) is 104 cm³/mol. The highest BCUT2D eigenvalue weighted by Crippen LogP contribution is 2.35. The average Bonchev–Trinajstić information content (AvgIpc) is 3.17. The van der Waals surface area contributed by atoms with Crippen molar-refractivity contribution in [3.05, 3.63) is 72.4 Å². The van der Waals surface area contributed by atoms with Gasteiger partial charge in [-0.2, -0.15) is 0 Å². The number of ether oxygens (including phenoxy) is 2. The molecule has 0 saturated heterocycles. The van der Waals surface area contributed by atoms with Gasteiger partial charge in [0.25, 0.3) is 5.91 Å². The number of nitrogens with zero attached hydrogens (tertiary/aromatic N) is 2. The lowest BCUT2D eigenvalue weighted by Gasteiger charge is -2.21. The number of aromatic nitrogens is 1. The molecule has 0 aliphatic carbocycles. The smallest absolute Gasteiger partial charge is 0.258 e. The zero-order chi connectivity index (χ0) is 18.6. The highest BCUT2D eigenvalue weighted by Gasteiger charge is 2.17. The van der Waals surface area contributed by atoms with Gasteiger partial charge in [0.05, 0.1) is 0 Å². The quantitative estimate of drug-likeness (QED) is 0.737. The first-order valence-electron chi connectivity index (χ1n) is 8.74. The molecule has 27 heavy (non-hydrogen) atoms. The van der Waals surface area contributed by atoms with Crippen LogP contribution in [0.2, 0.25) is 0 Å². The molecule has 0 bridgehead atoms. The second kappa shape index (κ2) is 7.37. The number of pyridine rings is 1. The van der Waals surface area contributed by atoms with Gasteiger partial charge in [-0.3, -0.25) is 4.79 Å². The number of carbonyl (C=O) groups is 1. The van der Waals surface area contributed by atoms with Crippen molar-refractivity contribution >= 4 is 23.1 Å². The van der Waals surface area contributed by atoms with Gasteiger partial charge in [0, 0.05) is 35.7 Å². The van der Waals surface area contributed by atoms with Crippen LogP contribution in [0.1, 0.15) is 17.3 Å². The topological polar surface area (TPSA) is 63.7 Å². The zero-order valence-corrected chi connectivity index (χ0v) is 14.9. The molecular formula is C21H19N3O3. The standard InChI is InChI=1S/C21H19N3O3/c1-2-24(17-6-4-3-5-7-17)21(25)15-10-11-22-20(12-15)23-16-8-9-18-19(13-16)27-14-26-18/h3-13H,2,14H2,1H3,(H,22,23). The van der Waals surface area contributed by atoms with E-state index < -0.39 is 0 Å². The van der Waals surface area contributed by atoms with Gasteiger partial charge in [-0.05, 0) is 43.3 Å². The third-order valence-corrected chi connectivity index (χ3v) is 4.28. The molecule has 2 aromatic carbocycles. The molecule has 6 nitrogen and oxygen atoms in total. The molecule has 0 atom stereocenters. The largest absolute Gasteiger partial charge is 0.454 e. The molecule has 0 spiro atoms. The molecule has 1 N–H and O–H groups in total. The van der Waals surface area contributed by atoms with E-state index in [9.17, 15) is 4.79 Å². The molecule has 3 aromatic rings. The number of hydrogen-bond acceptors (Lipinski definition) is 5. The molecule has 0 radical (unpaired) electrons. The first-order valence-corrected chi connectivity index (χ1v) is 8.74. The van der Waals surface area contributed by atoms with Gasteiger partial charge in [0.15, 0.2) is 11.5 Å². The van der Waals surface area contributed by atoms with Crippen LogP contribution >= 0.6 is 0 Å². The molecule has 4 rings (SSSR count). The SMILES string of the molecule is CCN(C(=O)c1ccnc(Nc2ccc3c(c2)OCO3)c1)c1ccccc1. The Labute approximate surface area is 157 Å². The second-order valence-electron chi connectivity index (χ2n) is 6.01. The lowest BCUT2D eigenvalue weighted by atomic mass is 10.2. The molecule has 1 aliphatic heterocycles. The van der Waals surface area contributed by atoms with Crippen molar-refractivity contribution in [2.75, 3.05) is 23.6 Å². The molecule has 1 aromatic heterocycles. The van der Waals surface area contributed by atoms with Crippen LogP contribution in [0, 0.1) is 0 Å². The summed E-state index contributed by atoms with van der Waals surface area (Å²) in [4.78, 5) is 19.0. The Hall–Kier alpha value is -3.54. The van der Waals surface area contributed by atoms with Crippen LogP contribution in [0.4, 0.5) is 17.2 Å². The fourth-order valence-electron chi connectivity index (χ4n) is 2.96. The number of carbonyl (C=O) groups excluding carboxylic acids is 1. The normalized spacial score (nSPS) is 11.9. The molecule has 136 valence electrons. The molecule has 0 fully saturated rings. The molecule has 6 heteroatoms. The first-order chi connectivity index (χ1) is 13.2. The van der Waals surface area contributed by atoms with E-state index in [2.05, 4.69) is 10.3 Å². The van der Waals surface area contributed by atoms with Crippen LogP contribution in [-0.2, 0) is 0 Å². The van der Waals surface area contributed by atoms with Gasteiger partial charge in [0.1, 0.15) is 5.82 Å². The van der Waals surface area contributed by atoms with E-state index in [-0.39, 0.29) is 12.7 Å². The summed E-state index contributed by atoms with van der Waals surface area (Å²) in [6, 6.07) is 18.7. The van der Waals surface area contributed by atoms with Crippen LogP contribution in [-0.4, -0.2) is 24.2 Å². The van der Waals surface area contributed by atoms with E-state index >= 15 is 0 Å². The summed E-state index contributed by atoms with van der Waals surface area (Å²) < 4.78 is 10.7. The summed E-state index contributed by atoms with van der Waals surface area (Å²) in [7, 11) is 0. The van der Waals surface area contributed by atoms with Gasteiger partial charge in [-0.15, -0.1) is 0 Å². The number of amides is 1. The lowest BCUT2D eigenvalue weighted by Crippen LogP contribution is -2.30. The number of nitrogens with one attached hydrogen (secondary N) is 1. The van der Waals surface area contributed by atoms with Gasteiger partial charge in [-0.25, -0.2) is 4.98 Å². The Balaban J connectivity index is 1.56. The van der Waals surface area contributed by atoms with Crippen LogP contribution < -0.4 is 19.7 Å². The Bertz CT molecular complexity index is 960. The molecule has 1 amide bonds. The fourth-order valence-corrected chi connectivity index (χ4v) is 2.96. The number of para-hydroxylation sites is 1. The van der Waals surface area contributed by atoms with Crippen molar-refractivity contribution in [2.24, 2.45) is 0 Å². The van der Waals surface area contributed by atoms with E-state index in [0.717, 1.165) is 17.1 Å². The Morgan fingerprint density at radius 2 is 1.89 bits per heavy atom. The van der Waals surface area contributed by atoms with Crippen LogP contribution in [0.5, 0.6) is 11.5 Å². The van der Waals surface area contributed by atoms with Crippen LogP contribution in [0.15, 0.2) is 66.9 Å². The third kappa shape index (κ3) is 3.55. The van der Waals surface area contributed by atoms with Crippen LogP contribution in [0.25, 0.3) is 0 Å². The summed E-state index contributed by atoms with van der Waals surface area (Å²) in [5, 5.41) is 3.21. The summed E-state index contributed by atoms with van der Waals surface area (Å²) in [6.45, 7) is 2.77. The fraction of sp³-hybridized carbons (Fsp3) is 0.143. The van der Waals surface area contributed by atoms with Gasteiger partial charge < -0.3 is 19.7 Å².